The quantitative estimate of drug-likeness (QED) is 0.281. The summed E-state index contributed by atoms with van der Waals surface area (Å²) in [5, 5.41) is 0. The van der Waals surface area contributed by atoms with Gasteiger partial charge in [-0.15, -0.1) is 6.42 Å². The zero-order chi connectivity index (χ0) is 8.97. The van der Waals surface area contributed by atoms with Crippen LogP contribution in [0.5, 0.6) is 0 Å². The van der Waals surface area contributed by atoms with Crippen molar-refractivity contribution in [2.75, 3.05) is 0 Å². The molecule has 1 rings (SSSR count). The van der Waals surface area contributed by atoms with E-state index in [0.29, 0.717) is 17.4 Å². The Morgan fingerprint density at radius 3 is 2.33 bits per heavy atom. The second kappa shape index (κ2) is 3.49. The van der Waals surface area contributed by atoms with E-state index < -0.39 is 0 Å². The monoisotopic (exact) mass is 158 g/mol. The van der Waals surface area contributed by atoms with Crippen molar-refractivity contribution >= 4 is 12.1 Å². The summed E-state index contributed by atoms with van der Waals surface area (Å²) in [6, 6.07) is 6.17. The number of ketones is 1. The van der Waals surface area contributed by atoms with Gasteiger partial charge in [-0.2, -0.15) is 0 Å². The molecule has 2 heteroatoms. The van der Waals surface area contributed by atoms with Gasteiger partial charge in [-0.05, 0) is 18.1 Å². The predicted molar refractivity (Wildman–Crippen MR) is 45.0 cm³/mol. The normalized spacial score (nSPS) is 8.58. The largest absolute Gasteiger partial charge is 0.298 e. The number of hydrogen-bond donors (Lipinski definition) is 0. The van der Waals surface area contributed by atoms with Crippen molar-refractivity contribution in [1.29, 1.82) is 0 Å². The zero-order valence-electron chi connectivity index (χ0n) is 6.28. The molecule has 1 aromatic rings. The maximum atomic E-state index is 10.9. The van der Waals surface area contributed by atoms with Crippen LogP contribution in [0.3, 0.4) is 0 Å². The Balaban J connectivity index is 3.01. The molecule has 0 fully saturated rings. The molecule has 0 aliphatic heterocycles. The first kappa shape index (κ1) is 8.22. The van der Waals surface area contributed by atoms with Crippen LogP contribution in [0.2, 0.25) is 0 Å². The van der Waals surface area contributed by atoms with Crippen LogP contribution >= 0.6 is 0 Å². The van der Waals surface area contributed by atoms with E-state index in [9.17, 15) is 9.59 Å². The Morgan fingerprint density at radius 2 is 1.92 bits per heavy atom. The average molecular weight is 158 g/mol. The number of carbonyl (C=O) groups is 2. The SMILES string of the molecule is C#CC(=O)c1ccc(C=O)cc1. The van der Waals surface area contributed by atoms with Crippen molar-refractivity contribution in [3.8, 4) is 12.3 Å². The van der Waals surface area contributed by atoms with E-state index in [4.69, 9.17) is 6.42 Å². The van der Waals surface area contributed by atoms with Crippen molar-refractivity contribution in [3.63, 3.8) is 0 Å². The van der Waals surface area contributed by atoms with Gasteiger partial charge >= 0.3 is 0 Å². The van der Waals surface area contributed by atoms with E-state index in [0.717, 1.165) is 0 Å². The van der Waals surface area contributed by atoms with Gasteiger partial charge in [-0.1, -0.05) is 12.1 Å². The molecule has 0 bridgehead atoms. The van der Waals surface area contributed by atoms with E-state index in [2.05, 4.69) is 0 Å². The third-order valence-electron chi connectivity index (χ3n) is 1.44. The summed E-state index contributed by atoms with van der Waals surface area (Å²) in [5.41, 5.74) is 0.965. The fourth-order valence-corrected chi connectivity index (χ4v) is 0.796. The van der Waals surface area contributed by atoms with Gasteiger partial charge in [0.25, 0.3) is 0 Å². The van der Waals surface area contributed by atoms with Gasteiger partial charge in [0.05, 0.1) is 0 Å². The van der Waals surface area contributed by atoms with Crippen molar-refractivity contribution in [3.05, 3.63) is 35.4 Å². The minimum Gasteiger partial charge on any atom is -0.298 e. The van der Waals surface area contributed by atoms with Crippen LogP contribution in [0.25, 0.3) is 0 Å². The molecule has 0 radical (unpaired) electrons. The molecule has 0 saturated carbocycles. The average Bonchev–Trinajstić information content (AvgIpc) is 2.17. The molecule has 12 heavy (non-hydrogen) atoms. The molecule has 0 aliphatic carbocycles. The zero-order valence-corrected chi connectivity index (χ0v) is 6.28. The molecule has 0 unspecified atom stereocenters. The highest BCUT2D eigenvalue weighted by atomic mass is 16.1. The summed E-state index contributed by atoms with van der Waals surface area (Å²) >= 11 is 0. The Morgan fingerprint density at radius 1 is 1.33 bits per heavy atom. The lowest BCUT2D eigenvalue weighted by molar-refractivity contribution is 0.105. The van der Waals surface area contributed by atoms with Crippen molar-refractivity contribution in [2.24, 2.45) is 0 Å². The first-order valence-corrected chi connectivity index (χ1v) is 3.34. The second-order valence-corrected chi connectivity index (χ2v) is 2.21. The van der Waals surface area contributed by atoms with Gasteiger partial charge in [-0.3, -0.25) is 9.59 Å². The Labute approximate surface area is 70.2 Å². The van der Waals surface area contributed by atoms with Gasteiger partial charge in [0, 0.05) is 11.1 Å². The summed E-state index contributed by atoms with van der Waals surface area (Å²) in [7, 11) is 0. The predicted octanol–water partition coefficient (Wildman–Crippen LogP) is 1.31. The summed E-state index contributed by atoms with van der Waals surface area (Å²) in [6.07, 6.45) is 5.62. The number of hydrogen-bond acceptors (Lipinski definition) is 2. The summed E-state index contributed by atoms with van der Waals surface area (Å²) in [4.78, 5) is 21.1. The summed E-state index contributed by atoms with van der Waals surface area (Å²) in [5.74, 6) is 1.62. The minimum absolute atomic E-state index is 0.368. The molecule has 58 valence electrons. The summed E-state index contributed by atoms with van der Waals surface area (Å²) in [6.45, 7) is 0. The van der Waals surface area contributed by atoms with E-state index in [1.807, 2.05) is 5.92 Å². The Kier molecular flexibility index (Phi) is 2.39. The van der Waals surface area contributed by atoms with Gasteiger partial charge in [-0.25, -0.2) is 0 Å². The van der Waals surface area contributed by atoms with Crippen LogP contribution < -0.4 is 0 Å². The lowest BCUT2D eigenvalue weighted by Gasteiger charge is -1.92. The van der Waals surface area contributed by atoms with Gasteiger partial charge in [0.1, 0.15) is 6.29 Å². The molecule has 2 nitrogen and oxygen atoms in total. The summed E-state index contributed by atoms with van der Waals surface area (Å²) < 4.78 is 0. The van der Waals surface area contributed by atoms with Crippen LogP contribution in [0.4, 0.5) is 0 Å². The second-order valence-electron chi connectivity index (χ2n) is 2.21. The van der Waals surface area contributed by atoms with Gasteiger partial charge < -0.3 is 0 Å². The lowest BCUT2D eigenvalue weighted by Crippen LogP contribution is -1.93. The standard InChI is InChI=1S/C10H6O2/c1-2-10(12)9-5-3-8(7-11)4-6-9/h1,3-7H. The number of benzene rings is 1. The first-order valence-electron chi connectivity index (χ1n) is 3.34. The van der Waals surface area contributed by atoms with Crippen LogP contribution in [0.1, 0.15) is 20.7 Å². The molecule has 0 heterocycles. The fourth-order valence-electron chi connectivity index (χ4n) is 0.796. The van der Waals surface area contributed by atoms with Crippen molar-refractivity contribution in [1.82, 2.24) is 0 Å². The van der Waals surface area contributed by atoms with Crippen molar-refractivity contribution < 1.29 is 9.59 Å². The van der Waals surface area contributed by atoms with Crippen molar-refractivity contribution in [2.45, 2.75) is 0 Å². The third-order valence-corrected chi connectivity index (χ3v) is 1.44. The Hall–Kier alpha value is -1.88. The third kappa shape index (κ3) is 1.58. The van der Waals surface area contributed by atoms with Gasteiger partial charge in [0.2, 0.25) is 5.78 Å². The molecule has 0 saturated heterocycles. The number of rotatable bonds is 2. The molecule has 1 aromatic carbocycles. The number of terminal acetylenes is 1. The van der Waals surface area contributed by atoms with E-state index >= 15 is 0 Å². The van der Waals surface area contributed by atoms with E-state index in [-0.39, 0.29) is 5.78 Å². The number of Topliss-reactive ketones (excluding diaryl/α,β-unsaturated/α-hetero) is 1. The van der Waals surface area contributed by atoms with Crippen LogP contribution in [0, 0.1) is 12.3 Å². The van der Waals surface area contributed by atoms with Gasteiger partial charge in [0.15, 0.2) is 0 Å². The highest BCUT2D eigenvalue weighted by Crippen LogP contribution is 2.02. The Bertz CT molecular complexity index is 341. The minimum atomic E-state index is -0.368. The van der Waals surface area contributed by atoms with Crippen LogP contribution in [0.15, 0.2) is 24.3 Å². The maximum Gasteiger partial charge on any atom is 0.235 e. The molecular formula is C10H6O2. The molecule has 0 spiro atoms. The molecule has 0 amide bonds. The molecule has 0 N–H and O–H groups in total. The van der Waals surface area contributed by atoms with E-state index in [1.54, 1.807) is 12.1 Å². The number of carbonyl (C=O) groups excluding carboxylic acids is 2. The molecule has 0 aromatic heterocycles. The molecular weight excluding hydrogens is 152 g/mol. The fraction of sp³-hybridized carbons (Fsp3) is 0. The molecule has 0 atom stereocenters. The lowest BCUT2D eigenvalue weighted by atomic mass is 10.1. The number of aldehydes is 1. The van der Waals surface area contributed by atoms with E-state index in [1.165, 1.54) is 12.1 Å². The highest BCUT2D eigenvalue weighted by molar-refractivity contribution is 6.08. The topological polar surface area (TPSA) is 34.1 Å². The first-order chi connectivity index (χ1) is 5.77. The highest BCUT2D eigenvalue weighted by Gasteiger charge is 1.99. The molecule has 0 aliphatic rings. The maximum absolute atomic E-state index is 10.9. The van der Waals surface area contributed by atoms with Crippen LogP contribution in [-0.4, -0.2) is 12.1 Å². The smallest absolute Gasteiger partial charge is 0.235 e. The van der Waals surface area contributed by atoms with Crippen LogP contribution in [-0.2, 0) is 0 Å².